The van der Waals surface area contributed by atoms with E-state index in [0.717, 1.165) is 25.0 Å². The molecule has 1 atom stereocenters. The smallest absolute Gasteiger partial charge is 0.248 e. The fourth-order valence-electron chi connectivity index (χ4n) is 2.63. The van der Waals surface area contributed by atoms with Crippen molar-refractivity contribution in [3.05, 3.63) is 11.5 Å². The summed E-state index contributed by atoms with van der Waals surface area (Å²) in [7, 11) is -3.49. The molecule has 2 rings (SSSR count). The largest absolute Gasteiger partial charge is 0.360 e. The van der Waals surface area contributed by atoms with Crippen molar-refractivity contribution in [2.45, 2.75) is 50.2 Å². The molecular formula is C13H22N2O3S2. The van der Waals surface area contributed by atoms with Crippen molar-refractivity contribution >= 4 is 21.8 Å². The number of aromatic nitrogens is 1. The number of rotatable bonds is 4. The maximum Gasteiger partial charge on any atom is 0.248 e. The Morgan fingerprint density at radius 2 is 2.15 bits per heavy atom. The normalized spacial score (nSPS) is 21.9. The lowest BCUT2D eigenvalue weighted by Gasteiger charge is -2.23. The molecule has 5 nitrogen and oxygen atoms in total. The minimum absolute atomic E-state index is 0.250. The van der Waals surface area contributed by atoms with Gasteiger partial charge >= 0.3 is 0 Å². The van der Waals surface area contributed by atoms with Crippen LogP contribution in [0.5, 0.6) is 0 Å². The Morgan fingerprint density at radius 3 is 2.75 bits per heavy atom. The van der Waals surface area contributed by atoms with Crippen molar-refractivity contribution in [2.24, 2.45) is 0 Å². The topological polar surface area (TPSA) is 63.4 Å². The summed E-state index contributed by atoms with van der Waals surface area (Å²) in [4.78, 5) is 0.250. The van der Waals surface area contributed by atoms with Crippen LogP contribution in [-0.4, -0.2) is 42.0 Å². The molecule has 0 unspecified atom stereocenters. The van der Waals surface area contributed by atoms with E-state index in [2.05, 4.69) is 12.1 Å². The van der Waals surface area contributed by atoms with Crippen LogP contribution in [0.2, 0.25) is 0 Å². The van der Waals surface area contributed by atoms with Crippen LogP contribution in [0.4, 0.5) is 0 Å². The van der Waals surface area contributed by atoms with Gasteiger partial charge in [0.15, 0.2) is 5.76 Å². The van der Waals surface area contributed by atoms with Gasteiger partial charge in [-0.05, 0) is 32.4 Å². The van der Waals surface area contributed by atoms with Gasteiger partial charge in [-0.1, -0.05) is 18.5 Å². The summed E-state index contributed by atoms with van der Waals surface area (Å²) in [5.41, 5.74) is 0.450. The van der Waals surface area contributed by atoms with Gasteiger partial charge in [0.25, 0.3) is 0 Å². The fraction of sp³-hybridized carbons (Fsp3) is 0.769. The summed E-state index contributed by atoms with van der Waals surface area (Å²) in [6.07, 6.45) is 3.10. The van der Waals surface area contributed by atoms with Crippen LogP contribution in [0.3, 0.4) is 0 Å². The lowest BCUT2D eigenvalue weighted by Crippen LogP contribution is -2.36. The van der Waals surface area contributed by atoms with E-state index in [1.54, 1.807) is 18.2 Å². The van der Waals surface area contributed by atoms with Gasteiger partial charge in [0.05, 0.1) is 0 Å². The maximum absolute atomic E-state index is 12.8. The van der Waals surface area contributed by atoms with Crippen LogP contribution in [-0.2, 0) is 10.0 Å². The zero-order chi connectivity index (χ0) is 14.8. The highest BCUT2D eigenvalue weighted by Crippen LogP contribution is 2.28. The summed E-state index contributed by atoms with van der Waals surface area (Å²) >= 11 is 1.85. The fourth-order valence-corrected chi connectivity index (χ4v) is 5.63. The second kappa shape index (κ2) is 6.49. The van der Waals surface area contributed by atoms with Gasteiger partial charge in [0, 0.05) is 18.3 Å². The number of nitrogens with zero attached hydrogens (tertiary/aromatic N) is 2. The minimum Gasteiger partial charge on any atom is -0.360 e. The monoisotopic (exact) mass is 318 g/mol. The van der Waals surface area contributed by atoms with Gasteiger partial charge in [-0.25, -0.2) is 8.42 Å². The van der Waals surface area contributed by atoms with Gasteiger partial charge < -0.3 is 4.52 Å². The molecule has 0 aromatic carbocycles. The van der Waals surface area contributed by atoms with E-state index in [1.807, 2.05) is 11.8 Å². The van der Waals surface area contributed by atoms with Crippen molar-refractivity contribution in [3.8, 4) is 0 Å². The molecule has 20 heavy (non-hydrogen) atoms. The van der Waals surface area contributed by atoms with Crippen LogP contribution in [0.15, 0.2) is 9.42 Å². The SMILES string of the molecule is CCS[C@H]1CCCCN(S(=O)(=O)c2c(C)noc2C)C1. The Labute approximate surface area is 125 Å². The molecule has 1 aromatic heterocycles. The summed E-state index contributed by atoms with van der Waals surface area (Å²) in [5.74, 6) is 1.40. The molecule has 0 spiro atoms. The molecule has 2 heterocycles. The molecule has 1 aromatic rings. The highest BCUT2D eigenvalue weighted by atomic mass is 32.2. The summed E-state index contributed by atoms with van der Waals surface area (Å²) in [5, 5.41) is 4.16. The van der Waals surface area contributed by atoms with Crippen LogP contribution in [0, 0.1) is 13.8 Å². The number of thioether (sulfide) groups is 1. The second-order valence-corrected chi connectivity index (χ2v) is 8.54. The standard InChI is InChI=1S/C13H22N2O3S2/c1-4-19-12-7-5-6-8-15(9-12)20(16,17)13-10(2)14-18-11(13)3/h12H,4-9H2,1-3H3/t12-/m0/s1. The number of aryl methyl sites for hydroxylation is 2. The highest BCUT2D eigenvalue weighted by molar-refractivity contribution is 7.99. The van der Waals surface area contributed by atoms with Crippen LogP contribution >= 0.6 is 11.8 Å². The third kappa shape index (κ3) is 3.20. The third-order valence-electron chi connectivity index (χ3n) is 3.56. The Bertz CT molecular complexity index is 534. The molecular weight excluding hydrogens is 296 g/mol. The second-order valence-electron chi connectivity index (χ2n) is 5.09. The van der Waals surface area contributed by atoms with Gasteiger partial charge in [0.2, 0.25) is 10.0 Å². The third-order valence-corrected chi connectivity index (χ3v) is 6.86. The lowest BCUT2D eigenvalue weighted by molar-refractivity contribution is 0.388. The first kappa shape index (κ1) is 15.9. The van der Waals surface area contributed by atoms with E-state index < -0.39 is 10.0 Å². The summed E-state index contributed by atoms with van der Waals surface area (Å²) in [6.45, 7) is 6.63. The van der Waals surface area contributed by atoms with Crippen molar-refractivity contribution in [3.63, 3.8) is 0 Å². The molecule has 1 saturated heterocycles. The van der Waals surface area contributed by atoms with E-state index in [9.17, 15) is 8.42 Å². The minimum atomic E-state index is -3.49. The predicted molar refractivity (Wildman–Crippen MR) is 80.5 cm³/mol. The first-order chi connectivity index (χ1) is 9.46. The summed E-state index contributed by atoms with van der Waals surface area (Å²) in [6, 6.07) is 0. The van der Waals surface area contributed by atoms with Crippen LogP contribution in [0.1, 0.15) is 37.6 Å². The Kier molecular flexibility index (Phi) is 5.14. The zero-order valence-electron chi connectivity index (χ0n) is 12.3. The van der Waals surface area contributed by atoms with Crippen LogP contribution < -0.4 is 0 Å². The van der Waals surface area contributed by atoms with Crippen LogP contribution in [0.25, 0.3) is 0 Å². The lowest BCUT2D eigenvalue weighted by atomic mass is 10.2. The zero-order valence-corrected chi connectivity index (χ0v) is 13.9. The maximum atomic E-state index is 12.8. The predicted octanol–water partition coefficient (Wildman–Crippen LogP) is 2.59. The molecule has 0 saturated carbocycles. The van der Waals surface area contributed by atoms with Gasteiger partial charge in [-0.3, -0.25) is 0 Å². The van der Waals surface area contributed by atoms with Crippen molar-refractivity contribution < 1.29 is 12.9 Å². The molecule has 1 aliphatic heterocycles. The first-order valence-electron chi connectivity index (χ1n) is 7.01. The highest BCUT2D eigenvalue weighted by Gasteiger charge is 2.33. The Balaban J connectivity index is 2.28. The molecule has 0 bridgehead atoms. The number of hydrogen-bond acceptors (Lipinski definition) is 5. The van der Waals surface area contributed by atoms with Gasteiger partial charge in [-0.15, -0.1) is 0 Å². The average Bonchev–Trinajstić information content (AvgIpc) is 2.62. The molecule has 0 N–H and O–H groups in total. The van der Waals surface area contributed by atoms with E-state index in [1.165, 1.54) is 0 Å². The number of sulfonamides is 1. The average molecular weight is 318 g/mol. The van der Waals surface area contributed by atoms with Gasteiger partial charge in [-0.2, -0.15) is 16.1 Å². The van der Waals surface area contributed by atoms with Crippen molar-refractivity contribution in [1.82, 2.24) is 9.46 Å². The van der Waals surface area contributed by atoms with Gasteiger partial charge in [0.1, 0.15) is 10.6 Å². The number of hydrogen-bond donors (Lipinski definition) is 0. The Morgan fingerprint density at radius 1 is 1.40 bits per heavy atom. The van der Waals surface area contributed by atoms with E-state index in [4.69, 9.17) is 4.52 Å². The molecule has 7 heteroatoms. The Hall–Kier alpha value is -0.530. The summed E-state index contributed by atoms with van der Waals surface area (Å²) < 4.78 is 32.2. The molecule has 0 radical (unpaired) electrons. The quantitative estimate of drug-likeness (QED) is 0.854. The molecule has 114 valence electrons. The van der Waals surface area contributed by atoms with Crippen molar-refractivity contribution in [2.75, 3.05) is 18.8 Å². The van der Waals surface area contributed by atoms with Crippen molar-refractivity contribution in [1.29, 1.82) is 0 Å². The molecule has 0 amide bonds. The molecule has 1 aliphatic rings. The van der Waals surface area contributed by atoms with E-state index in [0.29, 0.717) is 29.8 Å². The molecule has 1 fully saturated rings. The van der Waals surface area contributed by atoms with E-state index >= 15 is 0 Å². The molecule has 0 aliphatic carbocycles. The van der Waals surface area contributed by atoms with E-state index in [-0.39, 0.29) is 4.90 Å². The first-order valence-corrected chi connectivity index (χ1v) is 9.50.